The van der Waals surface area contributed by atoms with Gasteiger partial charge >= 0.3 is 0 Å². The van der Waals surface area contributed by atoms with Gasteiger partial charge in [0, 0.05) is 32.7 Å². The Kier molecular flexibility index (Phi) is 5.52. The van der Waals surface area contributed by atoms with Crippen LogP contribution in [0.25, 0.3) is 0 Å². The van der Waals surface area contributed by atoms with Crippen molar-refractivity contribution < 1.29 is 0 Å². The van der Waals surface area contributed by atoms with Crippen LogP contribution in [0.5, 0.6) is 0 Å². The molecule has 5 nitrogen and oxygen atoms in total. The summed E-state index contributed by atoms with van der Waals surface area (Å²) in [5.41, 5.74) is 5.57. The highest BCUT2D eigenvalue weighted by Gasteiger charge is 2.20. The molecule has 0 saturated carbocycles. The Morgan fingerprint density at radius 1 is 0.778 bits per heavy atom. The molecule has 0 aromatic heterocycles. The van der Waals surface area contributed by atoms with Crippen LogP contribution in [0.15, 0.2) is 78.0 Å². The lowest BCUT2D eigenvalue weighted by Gasteiger charge is -2.22. The van der Waals surface area contributed by atoms with Gasteiger partial charge in [-0.25, -0.2) is 5.84 Å². The molecule has 1 atom stereocenters. The van der Waals surface area contributed by atoms with E-state index in [1.54, 1.807) is 18.1 Å². The van der Waals surface area contributed by atoms with E-state index in [1.165, 1.54) is 0 Å². The normalized spacial score (nSPS) is 11.7. The minimum Gasteiger partial charge on any atom is -0.378 e. The van der Waals surface area contributed by atoms with Gasteiger partial charge in [0.05, 0.1) is 5.69 Å². The third-order valence-corrected chi connectivity index (χ3v) is 4.72. The summed E-state index contributed by atoms with van der Waals surface area (Å²) < 4.78 is 0. The Morgan fingerprint density at radius 3 is 1.78 bits per heavy atom. The Balaban J connectivity index is 2.12. The number of rotatable bonds is 6. The molecule has 0 spiro atoms. The summed E-state index contributed by atoms with van der Waals surface area (Å²) in [7, 11) is 5.83. The largest absolute Gasteiger partial charge is 0.378 e. The van der Waals surface area contributed by atoms with Crippen molar-refractivity contribution >= 4 is 17.1 Å². The van der Waals surface area contributed by atoms with Gasteiger partial charge in [-0.15, -0.1) is 4.91 Å². The second-order valence-electron chi connectivity index (χ2n) is 6.77. The molecule has 3 aromatic rings. The maximum absolute atomic E-state index is 11.4. The van der Waals surface area contributed by atoms with Crippen molar-refractivity contribution in [1.29, 1.82) is 0 Å². The summed E-state index contributed by atoms with van der Waals surface area (Å²) in [6.45, 7) is 0. The molecule has 0 bridgehead atoms. The predicted molar refractivity (Wildman–Crippen MR) is 113 cm³/mol. The van der Waals surface area contributed by atoms with Crippen molar-refractivity contribution in [2.75, 3.05) is 31.1 Å². The second kappa shape index (κ2) is 8.01. The number of nitroso groups, excluding NO2 is 1. The van der Waals surface area contributed by atoms with E-state index in [1.807, 2.05) is 56.6 Å². The quantitative estimate of drug-likeness (QED) is 0.301. The third-order valence-electron chi connectivity index (χ3n) is 4.72. The molecule has 138 valence electrons. The summed E-state index contributed by atoms with van der Waals surface area (Å²) in [6.07, 6.45) is 0. The second-order valence-corrected chi connectivity index (χ2v) is 6.77. The molecular weight excluding hydrogens is 336 g/mol. The van der Waals surface area contributed by atoms with E-state index in [-0.39, 0.29) is 5.92 Å². The Morgan fingerprint density at radius 2 is 1.30 bits per heavy atom. The molecule has 0 amide bonds. The SMILES string of the molecule is CN(C)c1ccc(C(c2ccc(N(C)N)cc2)c2ccccc2N=O)cc1. The zero-order valence-electron chi connectivity index (χ0n) is 15.8. The molecule has 0 aliphatic carbocycles. The fraction of sp³-hybridized carbons (Fsp3) is 0.182. The number of anilines is 2. The van der Waals surface area contributed by atoms with Crippen LogP contribution in [0.2, 0.25) is 0 Å². The highest BCUT2D eigenvalue weighted by molar-refractivity contribution is 5.58. The molecule has 0 heterocycles. The Bertz CT molecular complexity index is 851. The van der Waals surface area contributed by atoms with E-state index in [9.17, 15) is 4.91 Å². The number of nitrogens with zero attached hydrogens (tertiary/aromatic N) is 3. The number of nitrogens with two attached hydrogens (primary N) is 1. The van der Waals surface area contributed by atoms with Crippen LogP contribution in [0.4, 0.5) is 17.1 Å². The van der Waals surface area contributed by atoms with Gasteiger partial charge in [-0.05, 0) is 52.2 Å². The van der Waals surface area contributed by atoms with E-state index in [0.717, 1.165) is 28.1 Å². The first kappa shape index (κ1) is 18.6. The number of hydrogen-bond acceptors (Lipinski definition) is 5. The minimum absolute atomic E-state index is 0.0905. The first-order chi connectivity index (χ1) is 13.0. The van der Waals surface area contributed by atoms with Crippen LogP contribution in [0.3, 0.4) is 0 Å². The first-order valence-electron chi connectivity index (χ1n) is 8.79. The molecular formula is C22H24N4O. The zero-order chi connectivity index (χ0) is 19.4. The van der Waals surface area contributed by atoms with Gasteiger partial charge in [0.2, 0.25) is 0 Å². The molecule has 1 unspecified atom stereocenters. The summed E-state index contributed by atoms with van der Waals surface area (Å²) in [6, 6.07) is 23.9. The molecule has 0 radical (unpaired) electrons. The maximum Gasteiger partial charge on any atom is 0.112 e. The van der Waals surface area contributed by atoms with Gasteiger partial charge in [-0.2, -0.15) is 0 Å². The lowest BCUT2D eigenvalue weighted by molar-refractivity contribution is 0.966. The fourth-order valence-corrected chi connectivity index (χ4v) is 3.23. The molecule has 0 fully saturated rings. The summed E-state index contributed by atoms with van der Waals surface area (Å²) in [5.74, 6) is 5.73. The zero-order valence-corrected chi connectivity index (χ0v) is 15.8. The van der Waals surface area contributed by atoms with Gasteiger partial charge in [0.25, 0.3) is 0 Å². The summed E-state index contributed by atoms with van der Waals surface area (Å²) >= 11 is 0. The standard InChI is InChI=1S/C22H24N4O/c1-25(2)18-12-8-16(9-13-18)22(20-6-4-5-7-21(20)24-27)17-10-14-19(15-11-17)26(3)23/h4-15,22H,23H2,1-3H3. The van der Waals surface area contributed by atoms with Crippen LogP contribution in [-0.2, 0) is 0 Å². The summed E-state index contributed by atoms with van der Waals surface area (Å²) in [5, 5.41) is 4.82. The molecule has 2 N–H and O–H groups in total. The van der Waals surface area contributed by atoms with Crippen molar-refractivity contribution in [2.24, 2.45) is 11.0 Å². The van der Waals surface area contributed by atoms with Gasteiger partial charge in [0.15, 0.2) is 0 Å². The van der Waals surface area contributed by atoms with Crippen LogP contribution in [-0.4, -0.2) is 21.1 Å². The van der Waals surface area contributed by atoms with Crippen molar-refractivity contribution in [2.45, 2.75) is 5.92 Å². The maximum atomic E-state index is 11.4. The molecule has 3 rings (SSSR count). The van der Waals surface area contributed by atoms with Crippen molar-refractivity contribution in [3.05, 3.63) is 94.4 Å². The smallest absolute Gasteiger partial charge is 0.112 e. The predicted octanol–water partition coefficient (Wildman–Crippen LogP) is 4.64. The van der Waals surface area contributed by atoms with Crippen molar-refractivity contribution in [3.63, 3.8) is 0 Å². The van der Waals surface area contributed by atoms with Crippen LogP contribution in [0, 0.1) is 4.91 Å². The van der Waals surface area contributed by atoms with E-state index in [0.29, 0.717) is 5.69 Å². The minimum atomic E-state index is -0.0905. The molecule has 0 saturated heterocycles. The molecule has 0 aliphatic heterocycles. The van der Waals surface area contributed by atoms with Crippen LogP contribution < -0.4 is 15.8 Å². The van der Waals surface area contributed by atoms with E-state index < -0.39 is 0 Å². The van der Waals surface area contributed by atoms with Gasteiger partial charge in [-0.3, -0.25) is 0 Å². The Labute approximate surface area is 160 Å². The van der Waals surface area contributed by atoms with Crippen LogP contribution in [0.1, 0.15) is 22.6 Å². The molecule has 5 heteroatoms. The van der Waals surface area contributed by atoms with E-state index >= 15 is 0 Å². The molecule has 3 aromatic carbocycles. The number of benzene rings is 3. The van der Waals surface area contributed by atoms with Gasteiger partial charge < -0.3 is 9.91 Å². The van der Waals surface area contributed by atoms with Crippen molar-refractivity contribution in [1.82, 2.24) is 0 Å². The van der Waals surface area contributed by atoms with Gasteiger partial charge in [-0.1, -0.05) is 42.5 Å². The van der Waals surface area contributed by atoms with E-state index in [4.69, 9.17) is 5.84 Å². The first-order valence-corrected chi connectivity index (χ1v) is 8.79. The fourth-order valence-electron chi connectivity index (χ4n) is 3.23. The lowest BCUT2D eigenvalue weighted by Crippen LogP contribution is -2.24. The average molecular weight is 360 g/mol. The van der Waals surface area contributed by atoms with Gasteiger partial charge in [0.1, 0.15) is 5.69 Å². The van der Waals surface area contributed by atoms with E-state index in [2.05, 4.69) is 34.3 Å². The van der Waals surface area contributed by atoms with Crippen LogP contribution >= 0.6 is 0 Å². The monoisotopic (exact) mass is 360 g/mol. The molecule has 27 heavy (non-hydrogen) atoms. The molecule has 0 aliphatic rings. The topological polar surface area (TPSA) is 61.9 Å². The average Bonchev–Trinajstić information content (AvgIpc) is 2.69. The lowest BCUT2D eigenvalue weighted by atomic mass is 9.84. The Hall–Kier alpha value is -3.18. The highest BCUT2D eigenvalue weighted by atomic mass is 16.3. The number of hydrazine groups is 1. The highest BCUT2D eigenvalue weighted by Crippen LogP contribution is 2.38. The van der Waals surface area contributed by atoms with Crippen molar-refractivity contribution in [3.8, 4) is 0 Å². The third kappa shape index (κ3) is 3.99. The number of hydrogen-bond donors (Lipinski definition) is 1. The summed E-state index contributed by atoms with van der Waals surface area (Å²) in [4.78, 5) is 13.5.